The Hall–Kier alpha value is -1.61. The van der Waals surface area contributed by atoms with Gasteiger partial charge >= 0.3 is 0 Å². The molecule has 0 bridgehead atoms. The van der Waals surface area contributed by atoms with Crippen molar-refractivity contribution in [3.8, 4) is 0 Å². The molecule has 3 nitrogen and oxygen atoms in total. The van der Waals surface area contributed by atoms with Crippen LogP contribution in [0.2, 0.25) is 0 Å². The average molecular weight is 213 g/mol. The van der Waals surface area contributed by atoms with E-state index in [0.29, 0.717) is 6.04 Å². The Labute approximate surface area is 94.9 Å². The summed E-state index contributed by atoms with van der Waals surface area (Å²) in [4.78, 5) is 4.66. The molecule has 0 unspecified atom stereocenters. The Morgan fingerprint density at radius 2 is 2.12 bits per heavy atom. The maximum absolute atomic E-state index is 4.66. The highest BCUT2D eigenvalue weighted by Crippen LogP contribution is 2.20. The lowest BCUT2D eigenvalue weighted by molar-refractivity contribution is 0.471. The van der Waals surface area contributed by atoms with Gasteiger partial charge in [-0.2, -0.15) is 0 Å². The lowest BCUT2D eigenvalue weighted by Crippen LogP contribution is -2.51. The summed E-state index contributed by atoms with van der Waals surface area (Å²) in [5.41, 5.74) is 2.27. The van der Waals surface area contributed by atoms with E-state index >= 15 is 0 Å². The quantitative estimate of drug-likeness (QED) is 0.800. The summed E-state index contributed by atoms with van der Waals surface area (Å²) >= 11 is 0. The first kappa shape index (κ1) is 9.60. The van der Waals surface area contributed by atoms with Crippen LogP contribution in [0.5, 0.6) is 0 Å². The number of nitrogens with zero attached hydrogens (tertiary/aromatic N) is 1. The molecule has 1 saturated heterocycles. The van der Waals surface area contributed by atoms with Gasteiger partial charge in [-0.1, -0.05) is 18.2 Å². The van der Waals surface area contributed by atoms with E-state index in [1.807, 2.05) is 12.1 Å². The summed E-state index contributed by atoms with van der Waals surface area (Å²) < 4.78 is 0. The first-order valence-corrected chi connectivity index (χ1v) is 5.66. The van der Waals surface area contributed by atoms with Gasteiger partial charge in [0.2, 0.25) is 0 Å². The Balaban J connectivity index is 1.99. The topological polar surface area (TPSA) is 37.0 Å². The number of nitrogens with one attached hydrogen (secondary N) is 2. The van der Waals surface area contributed by atoms with Crippen molar-refractivity contribution in [3.05, 3.63) is 35.9 Å². The number of aryl methyl sites for hydroxylation is 1. The molecule has 0 spiro atoms. The van der Waals surface area contributed by atoms with Crippen molar-refractivity contribution in [3.63, 3.8) is 0 Å². The van der Waals surface area contributed by atoms with Crippen LogP contribution >= 0.6 is 0 Å². The van der Waals surface area contributed by atoms with Crippen LogP contribution < -0.4 is 10.6 Å². The molecule has 0 aliphatic carbocycles. The molecule has 1 aromatic carbocycles. The van der Waals surface area contributed by atoms with Crippen LogP contribution in [0, 0.1) is 6.92 Å². The van der Waals surface area contributed by atoms with E-state index in [2.05, 4.69) is 40.7 Å². The normalized spacial score (nSPS) is 16.1. The third-order valence-electron chi connectivity index (χ3n) is 3.04. The summed E-state index contributed by atoms with van der Waals surface area (Å²) in [5, 5.41) is 7.92. The van der Waals surface area contributed by atoms with Crippen molar-refractivity contribution in [1.82, 2.24) is 10.3 Å². The Bertz CT molecular complexity index is 518. The Morgan fingerprint density at radius 3 is 2.88 bits per heavy atom. The van der Waals surface area contributed by atoms with Crippen LogP contribution in [0.3, 0.4) is 0 Å². The molecule has 2 N–H and O–H groups in total. The van der Waals surface area contributed by atoms with Crippen molar-refractivity contribution in [2.45, 2.75) is 13.0 Å². The van der Waals surface area contributed by atoms with E-state index in [4.69, 9.17) is 0 Å². The zero-order chi connectivity index (χ0) is 11.0. The minimum absolute atomic E-state index is 0.535. The molecule has 0 radical (unpaired) electrons. The molecule has 0 atom stereocenters. The number of fused-ring (bicyclic) bond motifs is 1. The first-order valence-electron chi connectivity index (χ1n) is 5.66. The molecule has 3 heteroatoms. The van der Waals surface area contributed by atoms with Gasteiger partial charge in [0.25, 0.3) is 0 Å². The largest absolute Gasteiger partial charge is 0.365 e. The van der Waals surface area contributed by atoms with E-state index in [1.54, 1.807) is 0 Å². The second-order valence-corrected chi connectivity index (χ2v) is 4.35. The van der Waals surface area contributed by atoms with Gasteiger partial charge in [0.15, 0.2) is 0 Å². The molecule has 1 aromatic heterocycles. The van der Waals surface area contributed by atoms with Gasteiger partial charge in [0.05, 0.1) is 11.6 Å². The second-order valence-electron chi connectivity index (χ2n) is 4.35. The summed E-state index contributed by atoms with van der Waals surface area (Å²) in [6.07, 6.45) is 0. The molecule has 16 heavy (non-hydrogen) atoms. The number of para-hydroxylation sites is 1. The zero-order valence-corrected chi connectivity index (χ0v) is 9.33. The molecule has 82 valence electrons. The van der Waals surface area contributed by atoms with Crippen molar-refractivity contribution in [2.75, 3.05) is 18.4 Å². The van der Waals surface area contributed by atoms with Gasteiger partial charge < -0.3 is 10.6 Å². The lowest BCUT2D eigenvalue weighted by atomic mass is 10.1. The highest BCUT2D eigenvalue weighted by atomic mass is 15.1. The van der Waals surface area contributed by atoms with E-state index < -0.39 is 0 Å². The maximum Gasteiger partial charge on any atom is 0.129 e. The number of hydrogen-bond acceptors (Lipinski definition) is 3. The molecule has 1 aliphatic heterocycles. The number of rotatable bonds is 2. The van der Waals surface area contributed by atoms with E-state index in [-0.39, 0.29) is 0 Å². The Kier molecular flexibility index (Phi) is 2.26. The third kappa shape index (κ3) is 1.63. The number of pyridine rings is 1. The maximum atomic E-state index is 4.66. The van der Waals surface area contributed by atoms with Crippen molar-refractivity contribution in [2.24, 2.45) is 0 Å². The SMILES string of the molecule is Cc1cc2ccccc2nc1NC1CNC1. The average Bonchev–Trinajstić information content (AvgIpc) is 2.23. The monoisotopic (exact) mass is 213 g/mol. The molecule has 3 rings (SSSR count). The Morgan fingerprint density at radius 1 is 1.31 bits per heavy atom. The smallest absolute Gasteiger partial charge is 0.129 e. The van der Waals surface area contributed by atoms with E-state index in [0.717, 1.165) is 24.4 Å². The molecule has 2 aromatic rings. The fraction of sp³-hybridized carbons (Fsp3) is 0.308. The van der Waals surface area contributed by atoms with Crippen LogP contribution in [0.4, 0.5) is 5.82 Å². The third-order valence-corrected chi connectivity index (χ3v) is 3.04. The number of benzene rings is 1. The predicted octanol–water partition coefficient (Wildman–Crippen LogP) is 1.93. The summed E-state index contributed by atoms with van der Waals surface area (Å²) in [6.45, 7) is 4.18. The lowest BCUT2D eigenvalue weighted by Gasteiger charge is -2.29. The molecular formula is C13H15N3. The van der Waals surface area contributed by atoms with Crippen molar-refractivity contribution < 1.29 is 0 Å². The minimum atomic E-state index is 0.535. The molecule has 0 saturated carbocycles. The fourth-order valence-electron chi connectivity index (χ4n) is 1.95. The summed E-state index contributed by atoms with van der Waals surface area (Å²) in [7, 11) is 0. The first-order chi connectivity index (χ1) is 7.83. The fourth-order valence-corrected chi connectivity index (χ4v) is 1.95. The van der Waals surface area contributed by atoms with Crippen molar-refractivity contribution >= 4 is 16.7 Å². The second kappa shape index (κ2) is 3.76. The van der Waals surface area contributed by atoms with Gasteiger partial charge in [-0.3, -0.25) is 0 Å². The number of aromatic nitrogens is 1. The molecule has 0 amide bonds. The van der Waals surface area contributed by atoms with Crippen LogP contribution in [-0.4, -0.2) is 24.1 Å². The van der Waals surface area contributed by atoms with Gasteiger partial charge in [-0.15, -0.1) is 0 Å². The van der Waals surface area contributed by atoms with Gasteiger partial charge in [-0.25, -0.2) is 4.98 Å². The molecule has 1 fully saturated rings. The molecule has 1 aliphatic rings. The standard InChI is InChI=1S/C13H15N3/c1-9-6-10-4-2-3-5-12(10)16-13(9)15-11-7-14-8-11/h2-6,11,14H,7-8H2,1H3,(H,15,16). The predicted molar refractivity (Wildman–Crippen MR) is 66.8 cm³/mol. The van der Waals surface area contributed by atoms with Gasteiger partial charge in [-0.05, 0) is 24.6 Å². The molecule has 2 heterocycles. The highest BCUT2D eigenvalue weighted by molar-refractivity contribution is 5.81. The number of hydrogen-bond donors (Lipinski definition) is 2. The van der Waals surface area contributed by atoms with Crippen LogP contribution in [0.1, 0.15) is 5.56 Å². The van der Waals surface area contributed by atoms with Gasteiger partial charge in [0, 0.05) is 18.5 Å². The molecular weight excluding hydrogens is 198 g/mol. The van der Waals surface area contributed by atoms with E-state index in [9.17, 15) is 0 Å². The summed E-state index contributed by atoms with van der Waals surface area (Å²) in [5.74, 6) is 1.02. The minimum Gasteiger partial charge on any atom is -0.365 e. The zero-order valence-electron chi connectivity index (χ0n) is 9.33. The van der Waals surface area contributed by atoms with Crippen LogP contribution in [0.25, 0.3) is 10.9 Å². The van der Waals surface area contributed by atoms with Crippen LogP contribution in [-0.2, 0) is 0 Å². The summed E-state index contributed by atoms with van der Waals surface area (Å²) in [6, 6.07) is 11.0. The van der Waals surface area contributed by atoms with Crippen molar-refractivity contribution in [1.29, 1.82) is 0 Å². The van der Waals surface area contributed by atoms with E-state index in [1.165, 1.54) is 10.9 Å². The van der Waals surface area contributed by atoms with Gasteiger partial charge in [0.1, 0.15) is 5.82 Å². The number of anilines is 1. The highest BCUT2D eigenvalue weighted by Gasteiger charge is 2.17. The van der Waals surface area contributed by atoms with Crippen LogP contribution in [0.15, 0.2) is 30.3 Å².